The van der Waals surface area contributed by atoms with Crippen LogP contribution in [0.5, 0.6) is 0 Å². The van der Waals surface area contributed by atoms with Gasteiger partial charge in [0.1, 0.15) is 0 Å². The van der Waals surface area contributed by atoms with Crippen LogP contribution in [0.2, 0.25) is 5.02 Å². The fourth-order valence-corrected chi connectivity index (χ4v) is 2.69. The Labute approximate surface area is 125 Å². The zero-order chi connectivity index (χ0) is 14.8. The van der Waals surface area contributed by atoms with E-state index in [9.17, 15) is 0 Å². The molecule has 0 aromatic heterocycles. The maximum absolute atomic E-state index is 8.67. The van der Waals surface area contributed by atoms with Crippen LogP contribution in [0.25, 0.3) is 0 Å². The third-order valence-electron chi connectivity index (χ3n) is 4.06. The summed E-state index contributed by atoms with van der Waals surface area (Å²) in [5.74, 6) is 0.0816. The molecule has 1 heterocycles. The van der Waals surface area contributed by atoms with Gasteiger partial charge < -0.3 is 10.9 Å². The molecule has 20 heavy (non-hydrogen) atoms. The van der Waals surface area contributed by atoms with Crippen molar-refractivity contribution in [2.45, 2.75) is 33.2 Å². The summed E-state index contributed by atoms with van der Waals surface area (Å²) in [6, 6.07) is 5.54. The number of hydrogen-bond acceptors (Lipinski definition) is 3. The third-order valence-corrected chi connectivity index (χ3v) is 4.41. The van der Waals surface area contributed by atoms with Crippen LogP contribution in [0, 0.1) is 5.41 Å². The van der Waals surface area contributed by atoms with Crippen molar-refractivity contribution >= 4 is 17.4 Å². The molecule has 1 aliphatic rings. The molecule has 0 bridgehead atoms. The summed E-state index contributed by atoms with van der Waals surface area (Å²) in [5, 5.41) is 12.3. The van der Waals surface area contributed by atoms with Gasteiger partial charge in [-0.1, -0.05) is 42.7 Å². The van der Waals surface area contributed by atoms with Crippen LogP contribution < -0.4 is 5.73 Å². The fraction of sp³-hybridized carbons (Fsp3) is 0.533. The zero-order valence-electron chi connectivity index (χ0n) is 12.1. The molecule has 1 aromatic rings. The molecule has 0 atom stereocenters. The SMILES string of the molecule is CC1(C)CCN(Cc2ccc(/C(N)=N/O)cc2Cl)CC1. The molecule has 0 saturated carbocycles. The summed E-state index contributed by atoms with van der Waals surface area (Å²) in [5.41, 5.74) is 7.74. The number of likely N-dealkylation sites (tertiary alicyclic amines) is 1. The highest BCUT2D eigenvalue weighted by Crippen LogP contribution is 2.31. The second kappa shape index (κ2) is 6.02. The van der Waals surface area contributed by atoms with Crippen molar-refractivity contribution in [3.05, 3.63) is 34.3 Å². The largest absolute Gasteiger partial charge is 0.409 e. The van der Waals surface area contributed by atoms with Crippen molar-refractivity contribution in [3.8, 4) is 0 Å². The smallest absolute Gasteiger partial charge is 0.170 e. The van der Waals surface area contributed by atoms with E-state index in [1.54, 1.807) is 6.07 Å². The van der Waals surface area contributed by atoms with Gasteiger partial charge in [0.25, 0.3) is 0 Å². The summed E-state index contributed by atoms with van der Waals surface area (Å²) < 4.78 is 0. The minimum atomic E-state index is 0.0816. The van der Waals surface area contributed by atoms with Gasteiger partial charge in [0.05, 0.1) is 0 Å². The van der Waals surface area contributed by atoms with Crippen LogP contribution in [-0.2, 0) is 6.54 Å². The van der Waals surface area contributed by atoms with E-state index in [0.717, 1.165) is 25.2 Å². The number of oxime groups is 1. The molecule has 5 heteroatoms. The van der Waals surface area contributed by atoms with Crippen LogP contribution in [-0.4, -0.2) is 29.0 Å². The van der Waals surface area contributed by atoms with Crippen molar-refractivity contribution in [1.82, 2.24) is 4.90 Å². The van der Waals surface area contributed by atoms with Crippen LogP contribution in [0.15, 0.2) is 23.4 Å². The van der Waals surface area contributed by atoms with Crippen molar-refractivity contribution in [3.63, 3.8) is 0 Å². The molecule has 0 spiro atoms. The second-order valence-electron chi connectivity index (χ2n) is 6.23. The molecule has 1 saturated heterocycles. The molecule has 0 aliphatic carbocycles. The fourth-order valence-electron chi connectivity index (χ4n) is 2.45. The highest BCUT2D eigenvalue weighted by atomic mass is 35.5. The van der Waals surface area contributed by atoms with E-state index in [1.165, 1.54) is 12.8 Å². The van der Waals surface area contributed by atoms with E-state index in [4.69, 9.17) is 22.5 Å². The van der Waals surface area contributed by atoms with Gasteiger partial charge in [-0.3, -0.25) is 4.90 Å². The Bertz CT molecular complexity index is 504. The molecule has 4 nitrogen and oxygen atoms in total. The number of piperidine rings is 1. The minimum Gasteiger partial charge on any atom is -0.409 e. The Balaban J connectivity index is 2.04. The number of nitrogens with zero attached hydrogens (tertiary/aromatic N) is 2. The topological polar surface area (TPSA) is 61.8 Å². The highest BCUT2D eigenvalue weighted by molar-refractivity contribution is 6.31. The second-order valence-corrected chi connectivity index (χ2v) is 6.64. The highest BCUT2D eigenvalue weighted by Gasteiger charge is 2.25. The van der Waals surface area contributed by atoms with Crippen molar-refractivity contribution in [2.24, 2.45) is 16.3 Å². The van der Waals surface area contributed by atoms with E-state index in [-0.39, 0.29) is 5.84 Å². The lowest BCUT2D eigenvalue weighted by molar-refractivity contribution is 0.127. The molecule has 1 fully saturated rings. The van der Waals surface area contributed by atoms with E-state index < -0.39 is 0 Å². The molecule has 3 N–H and O–H groups in total. The van der Waals surface area contributed by atoms with E-state index in [1.807, 2.05) is 12.1 Å². The lowest BCUT2D eigenvalue weighted by atomic mass is 9.82. The Kier molecular flexibility index (Phi) is 4.55. The summed E-state index contributed by atoms with van der Waals surface area (Å²) in [6.07, 6.45) is 2.43. The van der Waals surface area contributed by atoms with Gasteiger partial charge in [0, 0.05) is 17.1 Å². The van der Waals surface area contributed by atoms with Crippen LogP contribution in [0.4, 0.5) is 0 Å². The Morgan fingerprint density at radius 1 is 1.40 bits per heavy atom. The first kappa shape index (κ1) is 15.1. The van der Waals surface area contributed by atoms with E-state index in [0.29, 0.717) is 16.0 Å². The molecular weight excluding hydrogens is 274 g/mol. The Morgan fingerprint density at radius 3 is 2.60 bits per heavy atom. The van der Waals surface area contributed by atoms with Gasteiger partial charge in [0.2, 0.25) is 0 Å². The first-order valence-electron chi connectivity index (χ1n) is 6.90. The standard InChI is InChI=1S/C15H22ClN3O/c1-15(2)5-7-19(8-6-15)10-12-4-3-11(9-13(12)16)14(17)18-20/h3-4,9,20H,5-8,10H2,1-2H3,(H2,17,18). The number of halogens is 1. The minimum absolute atomic E-state index is 0.0816. The van der Waals surface area contributed by atoms with Crippen LogP contribution in [0.1, 0.15) is 37.8 Å². The third kappa shape index (κ3) is 3.64. The van der Waals surface area contributed by atoms with Crippen molar-refractivity contribution < 1.29 is 5.21 Å². The maximum Gasteiger partial charge on any atom is 0.170 e. The summed E-state index contributed by atoms with van der Waals surface area (Å²) in [4.78, 5) is 2.43. The van der Waals surface area contributed by atoms with Gasteiger partial charge in [-0.05, 0) is 43.0 Å². The Hall–Kier alpha value is -1.26. The van der Waals surface area contributed by atoms with Crippen molar-refractivity contribution in [1.29, 1.82) is 0 Å². The number of nitrogens with two attached hydrogens (primary N) is 1. The summed E-state index contributed by atoms with van der Waals surface area (Å²) in [6.45, 7) is 7.70. The number of amidine groups is 1. The monoisotopic (exact) mass is 295 g/mol. The maximum atomic E-state index is 8.67. The quantitative estimate of drug-likeness (QED) is 0.390. The van der Waals surface area contributed by atoms with Gasteiger partial charge in [0.15, 0.2) is 5.84 Å². The molecule has 1 aliphatic heterocycles. The van der Waals surface area contributed by atoms with Crippen molar-refractivity contribution in [2.75, 3.05) is 13.1 Å². The normalized spacial score (nSPS) is 20.1. The molecule has 2 rings (SSSR count). The molecule has 0 unspecified atom stereocenters. The summed E-state index contributed by atoms with van der Waals surface area (Å²) >= 11 is 6.29. The average Bonchev–Trinajstić information content (AvgIpc) is 2.42. The lowest BCUT2D eigenvalue weighted by Gasteiger charge is -2.37. The average molecular weight is 296 g/mol. The Morgan fingerprint density at radius 2 is 2.05 bits per heavy atom. The van der Waals surface area contributed by atoms with Gasteiger partial charge >= 0.3 is 0 Å². The summed E-state index contributed by atoms with van der Waals surface area (Å²) in [7, 11) is 0. The number of benzene rings is 1. The zero-order valence-corrected chi connectivity index (χ0v) is 12.8. The van der Waals surface area contributed by atoms with Gasteiger partial charge in [-0.25, -0.2) is 0 Å². The molecule has 0 amide bonds. The molecule has 0 radical (unpaired) electrons. The van der Waals surface area contributed by atoms with E-state index >= 15 is 0 Å². The predicted molar refractivity (Wildman–Crippen MR) is 82.3 cm³/mol. The number of rotatable bonds is 3. The van der Waals surface area contributed by atoms with Crippen LogP contribution in [0.3, 0.4) is 0 Å². The number of hydrogen-bond donors (Lipinski definition) is 2. The molecular formula is C15H22ClN3O. The molecule has 110 valence electrons. The molecule has 1 aromatic carbocycles. The van der Waals surface area contributed by atoms with E-state index in [2.05, 4.69) is 23.9 Å². The predicted octanol–water partition coefficient (Wildman–Crippen LogP) is 3.06. The first-order chi connectivity index (χ1) is 9.41. The lowest BCUT2D eigenvalue weighted by Crippen LogP contribution is -2.36. The van der Waals surface area contributed by atoms with Gasteiger partial charge in [-0.15, -0.1) is 0 Å². The van der Waals surface area contributed by atoms with Crippen LogP contribution >= 0.6 is 11.6 Å². The van der Waals surface area contributed by atoms with Gasteiger partial charge in [-0.2, -0.15) is 0 Å². The first-order valence-corrected chi connectivity index (χ1v) is 7.28.